The van der Waals surface area contributed by atoms with Gasteiger partial charge in [-0.1, -0.05) is 0 Å². The predicted molar refractivity (Wildman–Crippen MR) is 68.5 cm³/mol. The van der Waals surface area contributed by atoms with Gasteiger partial charge in [0.1, 0.15) is 5.75 Å². The summed E-state index contributed by atoms with van der Waals surface area (Å²) in [7, 11) is 0. The number of halogens is 1. The molecule has 16 heavy (non-hydrogen) atoms. The van der Waals surface area contributed by atoms with Crippen LogP contribution in [0.5, 0.6) is 11.6 Å². The number of H-pyrrole nitrogens is 1. The quantitative estimate of drug-likeness (QED) is 0.823. The van der Waals surface area contributed by atoms with Crippen molar-refractivity contribution >= 4 is 28.3 Å². The topological polar surface area (TPSA) is 81.0 Å². The maximum absolute atomic E-state index is 11.2. The Labute approximate surface area is 105 Å². The summed E-state index contributed by atoms with van der Waals surface area (Å²) in [6.07, 6.45) is 1.25. The Morgan fingerprint density at radius 3 is 2.69 bits per heavy atom. The van der Waals surface area contributed by atoms with E-state index in [-0.39, 0.29) is 11.6 Å². The van der Waals surface area contributed by atoms with Gasteiger partial charge in [0.15, 0.2) is 5.69 Å². The van der Waals surface area contributed by atoms with Crippen molar-refractivity contribution in [2.75, 3.05) is 5.73 Å². The summed E-state index contributed by atoms with van der Waals surface area (Å²) >= 11 is 2.19. The number of nitrogens with one attached hydrogen (secondary N) is 1. The molecule has 1 heterocycles. The Morgan fingerprint density at radius 2 is 2.00 bits per heavy atom. The molecule has 0 saturated heterocycles. The molecule has 2 rings (SSSR count). The van der Waals surface area contributed by atoms with Crippen molar-refractivity contribution in [3.8, 4) is 11.6 Å². The first-order valence-corrected chi connectivity index (χ1v) is 5.51. The van der Waals surface area contributed by atoms with Gasteiger partial charge in [-0.05, 0) is 46.9 Å². The average molecular weight is 329 g/mol. The molecule has 0 saturated carbocycles. The molecule has 0 aliphatic rings. The van der Waals surface area contributed by atoms with Gasteiger partial charge in [0.25, 0.3) is 5.56 Å². The van der Waals surface area contributed by atoms with Crippen molar-refractivity contribution in [1.29, 1.82) is 0 Å². The van der Waals surface area contributed by atoms with Crippen LogP contribution in [0, 0.1) is 3.57 Å². The van der Waals surface area contributed by atoms with Gasteiger partial charge in [-0.3, -0.25) is 4.79 Å². The number of hydrogen-bond donors (Lipinski definition) is 2. The minimum Gasteiger partial charge on any atom is -0.437 e. The van der Waals surface area contributed by atoms with E-state index in [2.05, 4.69) is 32.6 Å². The highest BCUT2D eigenvalue weighted by atomic mass is 127. The average Bonchev–Trinajstić information content (AvgIpc) is 2.28. The number of ether oxygens (including phenoxy) is 1. The maximum Gasteiger partial charge on any atom is 0.277 e. The van der Waals surface area contributed by atoms with Gasteiger partial charge in [0.2, 0.25) is 5.88 Å². The molecule has 2 aromatic rings. The molecule has 1 aromatic heterocycles. The molecule has 0 aliphatic carbocycles. The summed E-state index contributed by atoms with van der Waals surface area (Å²) in [5.41, 5.74) is 5.09. The molecule has 0 spiro atoms. The highest BCUT2D eigenvalue weighted by Crippen LogP contribution is 2.22. The Kier molecular flexibility index (Phi) is 3.09. The van der Waals surface area contributed by atoms with Crippen molar-refractivity contribution in [3.63, 3.8) is 0 Å². The first-order chi connectivity index (χ1) is 7.66. The van der Waals surface area contributed by atoms with Gasteiger partial charge in [0.05, 0.1) is 6.33 Å². The zero-order valence-corrected chi connectivity index (χ0v) is 10.3. The highest BCUT2D eigenvalue weighted by molar-refractivity contribution is 14.1. The van der Waals surface area contributed by atoms with Crippen molar-refractivity contribution in [3.05, 3.63) is 44.5 Å². The van der Waals surface area contributed by atoms with E-state index in [1.807, 2.05) is 12.1 Å². The van der Waals surface area contributed by atoms with Crippen LogP contribution in [0.1, 0.15) is 0 Å². The summed E-state index contributed by atoms with van der Waals surface area (Å²) in [4.78, 5) is 17.4. The van der Waals surface area contributed by atoms with Gasteiger partial charge in [-0.25, -0.2) is 4.98 Å². The van der Waals surface area contributed by atoms with Crippen molar-refractivity contribution in [1.82, 2.24) is 9.97 Å². The lowest BCUT2D eigenvalue weighted by atomic mass is 10.3. The second-order valence-electron chi connectivity index (χ2n) is 3.01. The van der Waals surface area contributed by atoms with E-state index in [9.17, 15) is 4.79 Å². The summed E-state index contributed by atoms with van der Waals surface area (Å²) in [5.74, 6) is 0.704. The lowest BCUT2D eigenvalue weighted by Crippen LogP contribution is -2.13. The van der Waals surface area contributed by atoms with Crippen molar-refractivity contribution < 1.29 is 4.74 Å². The molecule has 0 unspecified atom stereocenters. The zero-order valence-electron chi connectivity index (χ0n) is 8.11. The third-order valence-corrected chi connectivity index (χ3v) is 2.60. The molecule has 0 bridgehead atoms. The van der Waals surface area contributed by atoms with Crippen molar-refractivity contribution in [2.45, 2.75) is 0 Å². The van der Waals surface area contributed by atoms with E-state index in [4.69, 9.17) is 10.5 Å². The van der Waals surface area contributed by atoms with Crippen LogP contribution in [0.25, 0.3) is 0 Å². The molecule has 5 nitrogen and oxygen atoms in total. The Hall–Kier alpha value is -1.57. The SMILES string of the molecule is Nc1c(Oc2ccc(I)cc2)nc[nH]c1=O. The lowest BCUT2D eigenvalue weighted by Gasteiger charge is -2.05. The van der Waals surface area contributed by atoms with E-state index in [1.165, 1.54) is 6.33 Å². The number of nitrogens with zero attached hydrogens (tertiary/aromatic N) is 1. The minimum absolute atomic E-state index is 0.0268. The summed E-state index contributed by atoms with van der Waals surface area (Å²) in [5, 5.41) is 0. The third-order valence-electron chi connectivity index (χ3n) is 1.88. The standard InChI is InChI=1S/C10H8IN3O2/c11-6-1-3-7(4-2-6)16-10-8(12)9(15)13-5-14-10/h1-5H,12H2,(H,13,14,15). The van der Waals surface area contributed by atoms with Crippen LogP contribution in [0.3, 0.4) is 0 Å². The fourth-order valence-corrected chi connectivity index (χ4v) is 1.45. The molecule has 0 atom stereocenters. The third kappa shape index (κ3) is 2.32. The number of hydrogen-bond acceptors (Lipinski definition) is 4. The fourth-order valence-electron chi connectivity index (χ4n) is 1.09. The fraction of sp³-hybridized carbons (Fsp3) is 0. The molecule has 0 aliphatic heterocycles. The van der Waals surface area contributed by atoms with Crippen LogP contribution >= 0.6 is 22.6 Å². The number of nitrogens with two attached hydrogens (primary N) is 1. The Bertz CT molecular complexity index is 551. The Morgan fingerprint density at radius 1 is 1.31 bits per heavy atom. The van der Waals surface area contributed by atoms with Gasteiger partial charge in [-0.15, -0.1) is 0 Å². The van der Waals surface area contributed by atoms with E-state index in [1.54, 1.807) is 12.1 Å². The van der Waals surface area contributed by atoms with E-state index < -0.39 is 5.56 Å². The van der Waals surface area contributed by atoms with Crippen LogP contribution in [0.2, 0.25) is 0 Å². The molecule has 0 fully saturated rings. The zero-order chi connectivity index (χ0) is 11.5. The molecule has 82 valence electrons. The van der Waals surface area contributed by atoms with Crippen LogP contribution in [0.15, 0.2) is 35.4 Å². The smallest absolute Gasteiger partial charge is 0.277 e. The Balaban J connectivity index is 2.30. The first kappa shape index (κ1) is 10.9. The molecule has 0 amide bonds. The van der Waals surface area contributed by atoms with Gasteiger partial charge >= 0.3 is 0 Å². The second kappa shape index (κ2) is 4.52. The molecule has 3 N–H and O–H groups in total. The first-order valence-electron chi connectivity index (χ1n) is 4.43. The van der Waals surface area contributed by atoms with E-state index >= 15 is 0 Å². The molecule has 6 heteroatoms. The summed E-state index contributed by atoms with van der Waals surface area (Å²) in [6, 6.07) is 7.34. The van der Waals surface area contributed by atoms with E-state index in [0.717, 1.165) is 3.57 Å². The number of nitrogen functional groups attached to an aromatic ring is 1. The summed E-state index contributed by atoms with van der Waals surface area (Å²) < 4.78 is 6.48. The molecular formula is C10H8IN3O2. The van der Waals surface area contributed by atoms with Crippen LogP contribution in [-0.2, 0) is 0 Å². The lowest BCUT2D eigenvalue weighted by molar-refractivity contribution is 0.463. The number of aromatic nitrogens is 2. The normalized spacial score (nSPS) is 10.1. The van der Waals surface area contributed by atoms with Crippen LogP contribution < -0.4 is 16.0 Å². The van der Waals surface area contributed by atoms with Gasteiger partial charge in [0, 0.05) is 3.57 Å². The largest absolute Gasteiger partial charge is 0.437 e. The molecule has 0 radical (unpaired) electrons. The molecular weight excluding hydrogens is 321 g/mol. The maximum atomic E-state index is 11.2. The van der Waals surface area contributed by atoms with Gasteiger partial charge < -0.3 is 15.5 Å². The van der Waals surface area contributed by atoms with Crippen molar-refractivity contribution in [2.24, 2.45) is 0 Å². The van der Waals surface area contributed by atoms with Crippen LogP contribution in [0.4, 0.5) is 5.69 Å². The van der Waals surface area contributed by atoms with E-state index in [0.29, 0.717) is 5.75 Å². The summed E-state index contributed by atoms with van der Waals surface area (Å²) in [6.45, 7) is 0. The number of anilines is 1. The highest BCUT2D eigenvalue weighted by Gasteiger charge is 2.06. The predicted octanol–water partition coefficient (Wildman–Crippen LogP) is 1.75. The van der Waals surface area contributed by atoms with Crippen LogP contribution in [-0.4, -0.2) is 9.97 Å². The molecule has 1 aromatic carbocycles. The number of benzene rings is 1. The number of aromatic amines is 1. The minimum atomic E-state index is -0.407. The number of rotatable bonds is 2. The van der Waals surface area contributed by atoms with Gasteiger partial charge in [-0.2, -0.15) is 0 Å². The second-order valence-corrected chi connectivity index (χ2v) is 4.25. The monoisotopic (exact) mass is 329 g/mol.